The van der Waals surface area contributed by atoms with Gasteiger partial charge in [0.1, 0.15) is 0 Å². The van der Waals surface area contributed by atoms with Gasteiger partial charge < -0.3 is 4.90 Å². The summed E-state index contributed by atoms with van der Waals surface area (Å²) in [6.07, 6.45) is 4.33. The summed E-state index contributed by atoms with van der Waals surface area (Å²) in [6, 6.07) is 1.24. The molecule has 112 valence electrons. The van der Waals surface area contributed by atoms with Gasteiger partial charge in [-0.25, -0.2) is 22.5 Å². The zero-order valence-corrected chi connectivity index (χ0v) is 12.7. The molecule has 1 fully saturated rings. The second-order valence-electron chi connectivity index (χ2n) is 5.03. The van der Waals surface area contributed by atoms with E-state index in [0.29, 0.717) is 19.6 Å². The van der Waals surface area contributed by atoms with E-state index in [-0.39, 0.29) is 16.8 Å². The van der Waals surface area contributed by atoms with E-state index in [0.717, 1.165) is 19.1 Å². The molecule has 2 rings (SSSR count). The first-order valence-electron chi connectivity index (χ1n) is 6.36. The number of anilines is 1. The number of rotatable bonds is 4. The average Bonchev–Trinajstić information content (AvgIpc) is 2.36. The highest BCUT2D eigenvalue weighted by atomic mass is 35.5. The van der Waals surface area contributed by atoms with E-state index in [1.54, 1.807) is 0 Å². The number of piperidine rings is 1. The molecule has 20 heavy (non-hydrogen) atoms. The molecule has 0 saturated carbocycles. The van der Waals surface area contributed by atoms with Crippen molar-refractivity contribution in [2.24, 2.45) is 5.92 Å². The highest BCUT2D eigenvalue weighted by molar-refractivity contribution is 7.88. The van der Waals surface area contributed by atoms with E-state index in [1.165, 1.54) is 12.3 Å². The van der Waals surface area contributed by atoms with Crippen LogP contribution in [0.4, 0.5) is 10.2 Å². The summed E-state index contributed by atoms with van der Waals surface area (Å²) in [4.78, 5) is 5.86. The molecule has 0 radical (unpaired) electrons. The van der Waals surface area contributed by atoms with E-state index in [2.05, 4.69) is 9.71 Å². The van der Waals surface area contributed by atoms with Crippen LogP contribution in [0.2, 0.25) is 5.02 Å². The number of aromatic nitrogens is 1. The molecule has 1 aliphatic heterocycles. The molecule has 0 spiro atoms. The van der Waals surface area contributed by atoms with Gasteiger partial charge >= 0.3 is 0 Å². The molecule has 0 aliphatic carbocycles. The number of sulfonamides is 1. The Bertz CT molecular complexity index is 582. The number of nitrogens with zero attached hydrogens (tertiary/aromatic N) is 2. The van der Waals surface area contributed by atoms with Crippen molar-refractivity contribution in [2.45, 2.75) is 12.8 Å². The zero-order valence-electron chi connectivity index (χ0n) is 11.1. The van der Waals surface area contributed by atoms with Crippen molar-refractivity contribution in [3.05, 3.63) is 23.1 Å². The van der Waals surface area contributed by atoms with E-state index < -0.39 is 15.8 Å². The van der Waals surface area contributed by atoms with Crippen LogP contribution < -0.4 is 9.62 Å². The maximum Gasteiger partial charge on any atom is 0.208 e. The molecule has 0 unspecified atom stereocenters. The largest absolute Gasteiger partial charge is 0.354 e. The van der Waals surface area contributed by atoms with Crippen molar-refractivity contribution >= 4 is 27.4 Å². The van der Waals surface area contributed by atoms with Gasteiger partial charge in [-0.05, 0) is 24.8 Å². The van der Waals surface area contributed by atoms with E-state index in [9.17, 15) is 12.8 Å². The van der Waals surface area contributed by atoms with Crippen molar-refractivity contribution in [2.75, 3.05) is 30.8 Å². The molecule has 1 N–H and O–H groups in total. The lowest BCUT2D eigenvalue weighted by atomic mass is 9.98. The minimum absolute atomic E-state index is 0.148. The summed E-state index contributed by atoms with van der Waals surface area (Å²) in [7, 11) is -3.20. The van der Waals surface area contributed by atoms with Crippen LogP contribution in [-0.4, -0.2) is 39.3 Å². The molecule has 0 aromatic carbocycles. The predicted molar refractivity (Wildman–Crippen MR) is 77.0 cm³/mol. The van der Waals surface area contributed by atoms with E-state index in [4.69, 9.17) is 11.6 Å². The summed E-state index contributed by atoms with van der Waals surface area (Å²) in [5, 5.41) is 0.263. The topological polar surface area (TPSA) is 62.3 Å². The fourth-order valence-corrected chi connectivity index (χ4v) is 3.02. The Morgan fingerprint density at radius 1 is 1.60 bits per heavy atom. The predicted octanol–water partition coefficient (Wildman–Crippen LogP) is 1.64. The fourth-order valence-electron chi connectivity index (χ4n) is 2.33. The SMILES string of the molecule is CS(=O)(=O)NC[C@H]1CCCN(c2ncc(Cl)cc2F)C1. The minimum Gasteiger partial charge on any atom is -0.354 e. The Morgan fingerprint density at radius 3 is 3.00 bits per heavy atom. The monoisotopic (exact) mass is 321 g/mol. The highest BCUT2D eigenvalue weighted by Crippen LogP contribution is 2.25. The van der Waals surface area contributed by atoms with E-state index in [1.807, 2.05) is 4.90 Å². The normalized spacial score (nSPS) is 20.1. The van der Waals surface area contributed by atoms with Crippen molar-refractivity contribution in [3.8, 4) is 0 Å². The molecule has 0 bridgehead atoms. The molecule has 1 saturated heterocycles. The van der Waals surface area contributed by atoms with Gasteiger partial charge in [0.15, 0.2) is 11.6 Å². The van der Waals surface area contributed by atoms with Crippen LogP contribution in [0, 0.1) is 11.7 Å². The number of halogens is 2. The Balaban J connectivity index is 2.03. The van der Waals surface area contributed by atoms with Gasteiger partial charge in [0.2, 0.25) is 10.0 Å². The van der Waals surface area contributed by atoms with Gasteiger partial charge in [0.25, 0.3) is 0 Å². The van der Waals surface area contributed by atoms with Crippen LogP contribution >= 0.6 is 11.6 Å². The van der Waals surface area contributed by atoms with Gasteiger partial charge in [0, 0.05) is 25.8 Å². The Morgan fingerprint density at radius 2 is 2.35 bits per heavy atom. The van der Waals surface area contributed by atoms with Crippen molar-refractivity contribution in [1.82, 2.24) is 9.71 Å². The van der Waals surface area contributed by atoms with Crippen LogP contribution in [0.15, 0.2) is 12.3 Å². The lowest BCUT2D eigenvalue weighted by Gasteiger charge is -2.33. The van der Waals surface area contributed by atoms with Gasteiger partial charge in [-0.2, -0.15) is 0 Å². The van der Waals surface area contributed by atoms with Crippen molar-refractivity contribution < 1.29 is 12.8 Å². The number of hydrogen-bond donors (Lipinski definition) is 1. The average molecular weight is 322 g/mol. The first-order chi connectivity index (χ1) is 9.35. The fraction of sp³-hybridized carbons (Fsp3) is 0.583. The van der Waals surface area contributed by atoms with Gasteiger partial charge in [-0.15, -0.1) is 0 Å². The third-order valence-electron chi connectivity index (χ3n) is 3.24. The minimum atomic E-state index is -3.20. The van der Waals surface area contributed by atoms with E-state index >= 15 is 0 Å². The summed E-state index contributed by atoms with van der Waals surface area (Å²) in [6.45, 7) is 1.65. The smallest absolute Gasteiger partial charge is 0.208 e. The Hall–Kier alpha value is -0.920. The van der Waals surface area contributed by atoms with Crippen molar-refractivity contribution in [3.63, 3.8) is 0 Å². The van der Waals surface area contributed by atoms with Gasteiger partial charge in [0.05, 0.1) is 11.3 Å². The highest BCUT2D eigenvalue weighted by Gasteiger charge is 2.23. The molecular formula is C12H17ClFN3O2S. The molecule has 1 aliphatic rings. The summed E-state index contributed by atoms with van der Waals surface area (Å²) < 4.78 is 38.5. The summed E-state index contributed by atoms with van der Waals surface area (Å²) in [5.41, 5.74) is 0. The first kappa shape index (κ1) is 15.5. The van der Waals surface area contributed by atoms with Crippen LogP contribution in [0.3, 0.4) is 0 Å². The lowest BCUT2D eigenvalue weighted by Crippen LogP contribution is -2.41. The number of nitrogens with one attached hydrogen (secondary N) is 1. The quantitative estimate of drug-likeness (QED) is 0.915. The molecule has 8 heteroatoms. The molecular weight excluding hydrogens is 305 g/mol. The molecule has 1 aromatic heterocycles. The number of pyridine rings is 1. The number of hydrogen-bond acceptors (Lipinski definition) is 4. The zero-order chi connectivity index (χ0) is 14.8. The van der Waals surface area contributed by atoms with Crippen LogP contribution in [-0.2, 0) is 10.0 Å². The standard InChI is InChI=1S/C12H17ClFN3O2S/c1-20(18,19)16-6-9-3-2-4-17(8-9)12-11(14)5-10(13)7-15-12/h5,7,9,16H,2-4,6,8H2,1H3/t9-/m1/s1. The maximum atomic E-state index is 13.8. The van der Waals surface area contributed by atoms with Crippen LogP contribution in [0.5, 0.6) is 0 Å². The molecule has 2 heterocycles. The Kier molecular flexibility index (Phi) is 4.82. The summed E-state index contributed by atoms with van der Waals surface area (Å²) in [5.74, 6) is -0.0250. The molecule has 0 amide bonds. The van der Waals surface area contributed by atoms with Gasteiger partial charge in [-0.3, -0.25) is 0 Å². The molecule has 1 atom stereocenters. The van der Waals surface area contributed by atoms with Crippen LogP contribution in [0.25, 0.3) is 0 Å². The summed E-state index contributed by atoms with van der Waals surface area (Å²) >= 11 is 5.69. The second-order valence-corrected chi connectivity index (χ2v) is 7.30. The van der Waals surface area contributed by atoms with Gasteiger partial charge in [-0.1, -0.05) is 11.6 Å². The maximum absolute atomic E-state index is 13.8. The third-order valence-corrected chi connectivity index (χ3v) is 4.14. The van der Waals surface area contributed by atoms with Crippen LogP contribution in [0.1, 0.15) is 12.8 Å². The molecule has 5 nitrogen and oxygen atoms in total. The Labute approximate surface area is 123 Å². The third kappa shape index (κ3) is 4.29. The molecule has 1 aromatic rings. The van der Waals surface area contributed by atoms with Crippen molar-refractivity contribution in [1.29, 1.82) is 0 Å². The lowest BCUT2D eigenvalue weighted by molar-refractivity contribution is 0.406. The second kappa shape index (κ2) is 6.24. The first-order valence-corrected chi connectivity index (χ1v) is 8.63.